The van der Waals surface area contributed by atoms with Crippen LogP contribution >= 0.6 is 0 Å². The highest BCUT2D eigenvalue weighted by atomic mass is 32.2. The minimum atomic E-state index is -3.07. The molecule has 1 heterocycles. The van der Waals surface area contributed by atoms with Crippen LogP contribution in [-0.2, 0) is 14.6 Å². The van der Waals surface area contributed by atoms with Crippen LogP contribution in [0, 0.1) is 5.92 Å². The molecule has 0 saturated carbocycles. The summed E-state index contributed by atoms with van der Waals surface area (Å²) in [5.41, 5.74) is 0.658. The molecule has 2 rings (SSSR count). The molecule has 0 aliphatic carbocycles. The van der Waals surface area contributed by atoms with Crippen LogP contribution in [0.1, 0.15) is 26.7 Å². The van der Waals surface area contributed by atoms with E-state index in [0.29, 0.717) is 18.5 Å². The lowest BCUT2D eigenvalue weighted by atomic mass is 10.0. The number of amides is 3. The molecule has 0 radical (unpaired) electrons. The third kappa shape index (κ3) is 6.38. The quantitative estimate of drug-likeness (QED) is 0.709. The lowest BCUT2D eigenvalue weighted by Crippen LogP contribution is -2.51. The summed E-state index contributed by atoms with van der Waals surface area (Å²) in [6.07, 6.45) is 0.885. The topological polar surface area (TPSA) is 104 Å². The highest BCUT2D eigenvalue weighted by Gasteiger charge is 2.30. The number of sulfone groups is 1. The van der Waals surface area contributed by atoms with Crippen LogP contribution in [0.5, 0.6) is 0 Å². The Balaban J connectivity index is 1.94. The third-order valence-corrected chi connectivity index (χ3v) is 5.71. The average molecular weight is 367 g/mol. The Kier molecular flexibility index (Phi) is 6.41. The highest BCUT2D eigenvalue weighted by molar-refractivity contribution is 7.91. The van der Waals surface area contributed by atoms with Crippen LogP contribution in [0.2, 0.25) is 0 Å². The number of nitrogens with one attached hydrogen (secondary N) is 3. The monoisotopic (exact) mass is 367 g/mol. The zero-order valence-corrected chi connectivity index (χ0v) is 15.3. The van der Waals surface area contributed by atoms with Crippen molar-refractivity contribution in [3.63, 3.8) is 0 Å². The van der Waals surface area contributed by atoms with E-state index in [9.17, 15) is 18.0 Å². The van der Waals surface area contributed by atoms with Crippen molar-refractivity contribution in [2.45, 2.75) is 38.8 Å². The van der Waals surface area contributed by atoms with Crippen molar-refractivity contribution in [3.8, 4) is 0 Å². The Morgan fingerprint density at radius 2 is 1.88 bits per heavy atom. The number of para-hydroxylation sites is 1. The van der Waals surface area contributed by atoms with Gasteiger partial charge in [-0.05, 0) is 30.9 Å². The molecule has 3 amide bonds. The maximum Gasteiger partial charge on any atom is 0.315 e. The van der Waals surface area contributed by atoms with E-state index in [1.165, 1.54) is 0 Å². The van der Waals surface area contributed by atoms with Gasteiger partial charge in [0.15, 0.2) is 9.84 Å². The average Bonchev–Trinajstić information content (AvgIpc) is 2.85. The first-order chi connectivity index (χ1) is 11.7. The Morgan fingerprint density at radius 1 is 1.20 bits per heavy atom. The fourth-order valence-corrected chi connectivity index (χ4v) is 4.42. The summed E-state index contributed by atoms with van der Waals surface area (Å²) < 4.78 is 22.9. The molecule has 3 N–H and O–H groups in total. The van der Waals surface area contributed by atoms with Gasteiger partial charge in [-0.15, -0.1) is 0 Å². The van der Waals surface area contributed by atoms with Crippen LogP contribution in [-0.4, -0.2) is 43.9 Å². The second-order valence-corrected chi connectivity index (χ2v) is 8.98. The van der Waals surface area contributed by atoms with Crippen LogP contribution in [0.4, 0.5) is 10.5 Å². The summed E-state index contributed by atoms with van der Waals surface area (Å²) in [5.74, 6) is -0.0550. The van der Waals surface area contributed by atoms with Crippen LogP contribution in [0.3, 0.4) is 0 Å². The zero-order chi connectivity index (χ0) is 18.4. The molecule has 1 aliphatic heterocycles. The van der Waals surface area contributed by atoms with Crippen LogP contribution in [0.15, 0.2) is 30.3 Å². The van der Waals surface area contributed by atoms with Gasteiger partial charge < -0.3 is 16.0 Å². The molecule has 1 aliphatic rings. The summed E-state index contributed by atoms with van der Waals surface area (Å²) in [4.78, 5) is 24.6. The van der Waals surface area contributed by atoms with Gasteiger partial charge >= 0.3 is 6.03 Å². The Morgan fingerprint density at radius 3 is 2.44 bits per heavy atom. The molecule has 8 heteroatoms. The Hall–Kier alpha value is -2.09. The van der Waals surface area contributed by atoms with Crippen molar-refractivity contribution in [3.05, 3.63) is 30.3 Å². The number of rotatable bonds is 6. The molecule has 1 saturated heterocycles. The molecular formula is C17H25N3O4S. The van der Waals surface area contributed by atoms with Gasteiger partial charge in [-0.3, -0.25) is 4.79 Å². The van der Waals surface area contributed by atoms with Crippen molar-refractivity contribution < 1.29 is 18.0 Å². The van der Waals surface area contributed by atoms with Gasteiger partial charge in [0.1, 0.15) is 6.04 Å². The van der Waals surface area contributed by atoms with Crippen LogP contribution < -0.4 is 16.0 Å². The van der Waals surface area contributed by atoms with Gasteiger partial charge in [0, 0.05) is 11.7 Å². The number of hydrogen-bond donors (Lipinski definition) is 3. The lowest BCUT2D eigenvalue weighted by molar-refractivity contribution is -0.118. The first-order valence-corrected chi connectivity index (χ1v) is 10.2. The van der Waals surface area contributed by atoms with Crippen molar-refractivity contribution in [2.24, 2.45) is 5.92 Å². The van der Waals surface area contributed by atoms with E-state index in [-0.39, 0.29) is 23.3 Å². The fraction of sp³-hybridized carbons (Fsp3) is 0.529. The standard InChI is InChI=1S/C17H25N3O4S/c1-12(2)10-15(16(21)18-13-6-4-3-5-7-13)20-17(22)19-14-8-9-25(23,24)11-14/h3-7,12,14-15H,8-11H2,1-2H3,(H,18,21)(H2,19,20,22)/t14-,15-/m0/s1. The smallest absolute Gasteiger partial charge is 0.315 e. The molecule has 0 aromatic heterocycles. The number of anilines is 1. The second kappa shape index (κ2) is 8.33. The van der Waals surface area contributed by atoms with Crippen molar-refractivity contribution in [2.75, 3.05) is 16.8 Å². The zero-order valence-electron chi connectivity index (χ0n) is 14.5. The van der Waals surface area contributed by atoms with Gasteiger partial charge in [-0.1, -0.05) is 32.0 Å². The number of hydrogen-bond acceptors (Lipinski definition) is 4. The largest absolute Gasteiger partial charge is 0.334 e. The molecule has 1 fully saturated rings. The molecule has 0 spiro atoms. The van der Waals surface area contributed by atoms with Gasteiger partial charge in [-0.2, -0.15) is 0 Å². The minimum absolute atomic E-state index is 0.0501. The van der Waals surface area contributed by atoms with E-state index in [2.05, 4.69) is 16.0 Å². The van der Waals surface area contributed by atoms with Gasteiger partial charge in [-0.25, -0.2) is 13.2 Å². The molecule has 0 bridgehead atoms. The third-order valence-electron chi connectivity index (χ3n) is 3.94. The lowest BCUT2D eigenvalue weighted by Gasteiger charge is -2.21. The fourth-order valence-electron chi connectivity index (χ4n) is 2.75. The van der Waals surface area contributed by atoms with E-state index < -0.39 is 28.0 Å². The Labute approximate surface area is 148 Å². The maximum absolute atomic E-state index is 12.5. The highest BCUT2D eigenvalue weighted by Crippen LogP contribution is 2.12. The molecule has 2 atom stereocenters. The first kappa shape index (κ1) is 19.2. The molecule has 1 aromatic carbocycles. The SMILES string of the molecule is CC(C)C[C@H](NC(=O)N[C@H]1CCS(=O)(=O)C1)C(=O)Nc1ccccc1. The molecule has 7 nitrogen and oxygen atoms in total. The summed E-state index contributed by atoms with van der Waals surface area (Å²) in [5, 5.41) is 8.10. The summed E-state index contributed by atoms with van der Waals surface area (Å²) in [6, 6.07) is 7.40. The molecule has 0 unspecified atom stereocenters. The second-order valence-electron chi connectivity index (χ2n) is 6.76. The van der Waals surface area contributed by atoms with Crippen molar-refractivity contribution in [1.82, 2.24) is 10.6 Å². The van der Waals surface area contributed by atoms with E-state index in [1.807, 2.05) is 32.0 Å². The number of benzene rings is 1. The molecular weight excluding hydrogens is 342 g/mol. The normalized spacial score (nSPS) is 20.0. The summed E-state index contributed by atoms with van der Waals surface area (Å²) >= 11 is 0. The molecule has 1 aromatic rings. The summed E-state index contributed by atoms with van der Waals surface area (Å²) in [6.45, 7) is 3.93. The summed E-state index contributed by atoms with van der Waals surface area (Å²) in [7, 11) is -3.07. The number of carbonyl (C=O) groups excluding carboxylic acids is 2. The van der Waals surface area contributed by atoms with Gasteiger partial charge in [0.05, 0.1) is 11.5 Å². The van der Waals surface area contributed by atoms with E-state index in [1.54, 1.807) is 12.1 Å². The predicted molar refractivity (Wildman–Crippen MR) is 97.0 cm³/mol. The van der Waals surface area contributed by atoms with Crippen molar-refractivity contribution in [1.29, 1.82) is 0 Å². The van der Waals surface area contributed by atoms with E-state index >= 15 is 0 Å². The minimum Gasteiger partial charge on any atom is -0.334 e. The number of carbonyl (C=O) groups is 2. The molecule has 138 valence electrons. The van der Waals surface area contributed by atoms with E-state index in [4.69, 9.17) is 0 Å². The van der Waals surface area contributed by atoms with E-state index in [0.717, 1.165) is 0 Å². The van der Waals surface area contributed by atoms with Gasteiger partial charge in [0.25, 0.3) is 0 Å². The molecule has 25 heavy (non-hydrogen) atoms. The first-order valence-electron chi connectivity index (χ1n) is 8.38. The predicted octanol–water partition coefficient (Wildman–Crippen LogP) is 1.53. The Bertz CT molecular complexity index is 704. The van der Waals surface area contributed by atoms with Crippen molar-refractivity contribution >= 4 is 27.5 Å². The van der Waals surface area contributed by atoms with Crippen LogP contribution in [0.25, 0.3) is 0 Å². The van der Waals surface area contributed by atoms with Gasteiger partial charge in [0.2, 0.25) is 5.91 Å². The maximum atomic E-state index is 12.5. The number of urea groups is 1.